The van der Waals surface area contributed by atoms with Crippen molar-refractivity contribution in [2.24, 2.45) is 0 Å². The minimum Gasteiger partial charge on any atom is -0.493 e. The molecule has 6 heteroatoms. The van der Waals surface area contributed by atoms with Crippen LogP contribution in [-0.4, -0.2) is 33.4 Å². The van der Waals surface area contributed by atoms with E-state index in [2.05, 4.69) is 34.2 Å². The molecule has 108 valence electrons. The number of ether oxygens (including phenoxy) is 1. The largest absolute Gasteiger partial charge is 0.493 e. The predicted molar refractivity (Wildman–Crippen MR) is 76.6 cm³/mol. The summed E-state index contributed by atoms with van der Waals surface area (Å²) in [4.78, 5) is 8.34. The first-order valence-electron chi connectivity index (χ1n) is 6.90. The Morgan fingerprint density at radius 2 is 2.25 bits per heavy atom. The van der Waals surface area contributed by atoms with Gasteiger partial charge in [-0.15, -0.1) is 0 Å². The van der Waals surface area contributed by atoms with Gasteiger partial charge in [-0.1, -0.05) is 13.8 Å². The van der Waals surface area contributed by atoms with Gasteiger partial charge in [0.1, 0.15) is 12.0 Å². The van der Waals surface area contributed by atoms with Crippen molar-refractivity contribution in [3.63, 3.8) is 0 Å². The first-order chi connectivity index (χ1) is 9.81. The van der Waals surface area contributed by atoms with E-state index in [1.54, 1.807) is 25.8 Å². The zero-order valence-corrected chi connectivity index (χ0v) is 12.2. The molecule has 2 aromatic rings. The first kappa shape index (κ1) is 14.5. The minimum atomic E-state index is -0.0491. The number of aryl methyl sites for hydroxylation is 1. The summed E-state index contributed by atoms with van der Waals surface area (Å²) in [5.74, 6) is 0.781. The molecule has 6 nitrogen and oxygen atoms in total. The van der Waals surface area contributed by atoms with E-state index in [1.165, 1.54) is 0 Å². The van der Waals surface area contributed by atoms with E-state index in [0.717, 1.165) is 36.6 Å². The van der Waals surface area contributed by atoms with Gasteiger partial charge in [-0.3, -0.25) is 4.68 Å². The number of aromatic nitrogens is 4. The van der Waals surface area contributed by atoms with Crippen LogP contribution in [0, 0.1) is 0 Å². The number of methoxy groups -OCH3 is 1. The van der Waals surface area contributed by atoms with Crippen LogP contribution in [0.5, 0.6) is 5.75 Å². The lowest BCUT2D eigenvalue weighted by Crippen LogP contribution is -2.26. The highest BCUT2D eigenvalue weighted by atomic mass is 16.5. The predicted octanol–water partition coefficient (Wildman–Crippen LogP) is 1.79. The van der Waals surface area contributed by atoms with Gasteiger partial charge >= 0.3 is 0 Å². The Balaban J connectivity index is 2.45. The summed E-state index contributed by atoms with van der Waals surface area (Å²) in [6.45, 7) is 5.88. The van der Waals surface area contributed by atoms with Gasteiger partial charge in [-0.2, -0.15) is 5.10 Å². The number of hydrogen-bond acceptors (Lipinski definition) is 5. The van der Waals surface area contributed by atoms with Crippen LogP contribution < -0.4 is 10.1 Å². The molecule has 2 rings (SSSR count). The molecule has 20 heavy (non-hydrogen) atoms. The van der Waals surface area contributed by atoms with E-state index in [-0.39, 0.29) is 6.04 Å². The van der Waals surface area contributed by atoms with E-state index >= 15 is 0 Å². The van der Waals surface area contributed by atoms with Crippen molar-refractivity contribution in [2.75, 3.05) is 13.7 Å². The van der Waals surface area contributed by atoms with E-state index in [4.69, 9.17) is 4.74 Å². The Bertz CT molecular complexity index is 526. The van der Waals surface area contributed by atoms with Gasteiger partial charge in [0.15, 0.2) is 5.75 Å². The fourth-order valence-corrected chi connectivity index (χ4v) is 2.23. The maximum Gasteiger partial charge on any atom is 0.161 e. The molecule has 1 unspecified atom stereocenters. The zero-order chi connectivity index (χ0) is 14.4. The van der Waals surface area contributed by atoms with Gasteiger partial charge in [0.25, 0.3) is 0 Å². The molecule has 2 heterocycles. The van der Waals surface area contributed by atoms with Gasteiger partial charge in [0.05, 0.1) is 25.0 Å². The van der Waals surface area contributed by atoms with Crippen molar-refractivity contribution in [2.45, 2.75) is 32.9 Å². The zero-order valence-electron chi connectivity index (χ0n) is 12.2. The quantitative estimate of drug-likeness (QED) is 0.834. The molecule has 0 saturated carbocycles. The molecular weight excluding hydrogens is 254 g/mol. The molecule has 0 radical (unpaired) electrons. The summed E-state index contributed by atoms with van der Waals surface area (Å²) >= 11 is 0. The molecule has 0 saturated heterocycles. The molecule has 0 fully saturated rings. The van der Waals surface area contributed by atoms with Gasteiger partial charge in [-0.05, 0) is 19.0 Å². The highest BCUT2D eigenvalue weighted by Gasteiger charge is 2.23. The molecule has 0 aliphatic carbocycles. The molecule has 1 atom stereocenters. The fourth-order valence-electron chi connectivity index (χ4n) is 2.23. The summed E-state index contributed by atoms with van der Waals surface area (Å²) in [6.07, 6.45) is 6.09. The molecule has 0 bridgehead atoms. The summed E-state index contributed by atoms with van der Waals surface area (Å²) in [7, 11) is 1.67. The lowest BCUT2D eigenvalue weighted by Gasteiger charge is -2.20. The molecule has 0 aliphatic heterocycles. The molecule has 1 N–H and O–H groups in total. The lowest BCUT2D eigenvalue weighted by atomic mass is 10.1. The third-order valence-electron chi connectivity index (χ3n) is 3.08. The number of rotatable bonds is 7. The van der Waals surface area contributed by atoms with E-state index in [9.17, 15) is 0 Å². The topological polar surface area (TPSA) is 64.9 Å². The molecule has 0 aromatic carbocycles. The van der Waals surface area contributed by atoms with Crippen molar-refractivity contribution in [1.29, 1.82) is 0 Å². The standard InChI is InChI=1S/C14H21N5O/c1-4-8-19-14(12(20-3)9-18-19)13(16-5-2)11-6-7-15-10-17-11/h6-7,9-10,13,16H,4-5,8H2,1-3H3. The monoisotopic (exact) mass is 275 g/mol. The summed E-state index contributed by atoms with van der Waals surface area (Å²) in [5.41, 5.74) is 1.92. The molecule has 0 amide bonds. The third-order valence-corrected chi connectivity index (χ3v) is 3.08. The van der Waals surface area contributed by atoms with E-state index in [1.807, 2.05) is 10.7 Å². The Kier molecular flexibility index (Phi) is 5.06. The average Bonchev–Trinajstić information content (AvgIpc) is 2.89. The second kappa shape index (κ2) is 7.00. The van der Waals surface area contributed by atoms with Crippen molar-refractivity contribution < 1.29 is 4.74 Å². The minimum absolute atomic E-state index is 0.0491. The molecule has 0 aliphatic rings. The summed E-state index contributed by atoms with van der Waals surface area (Å²) in [5, 5.41) is 7.86. The van der Waals surface area contributed by atoms with Crippen LogP contribution in [0.3, 0.4) is 0 Å². The second-order valence-corrected chi connectivity index (χ2v) is 4.45. The van der Waals surface area contributed by atoms with E-state index < -0.39 is 0 Å². The third kappa shape index (κ3) is 2.96. The van der Waals surface area contributed by atoms with Crippen LogP contribution in [0.25, 0.3) is 0 Å². The first-order valence-corrected chi connectivity index (χ1v) is 6.90. The molecular formula is C14H21N5O. The van der Waals surface area contributed by atoms with Crippen LogP contribution in [0.4, 0.5) is 0 Å². The van der Waals surface area contributed by atoms with Gasteiger partial charge in [0.2, 0.25) is 0 Å². The van der Waals surface area contributed by atoms with Crippen LogP contribution in [0.2, 0.25) is 0 Å². The highest BCUT2D eigenvalue weighted by molar-refractivity contribution is 5.33. The Hall–Kier alpha value is -1.95. The van der Waals surface area contributed by atoms with Crippen LogP contribution in [0.1, 0.15) is 37.7 Å². The Morgan fingerprint density at radius 3 is 2.85 bits per heavy atom. The van der Waals surface area contributed by atoms with Crippen LogP contribution in [0.15, 0.2) is 24.8 Å². The second-order valence-electron chi connectivity index (χ2n) is 4.45. The van der Waals surface area contributed by atoms with Gasteiger partial charge in [0, 0.05) is 12.7 Å². The smallest absolute Gasteiger partial charge is 0.161 e. The fraction of sp³-hybridized carbons (Fsp3) is 0.500. The normalized spacial score (nSPS) is 12.3. The summed E-state index contributed by atoms with van der Waals surface area (Å²) in [6, 6.07) is 1.86. The molecule has 0 spiro atoms. The van der Waals surface area contributed by atoms with Gasteiger partial charge in [-0.25, -0.2) is 9.97 Å². The van der Waals surface area contributed by atoms with Crippen molar-refractivity contribution in [1.82, 2.24) is 25.1 Å². The Labute approximate surface area is 119 Å². The van der Waals surface area contributed by atoms with Crippen LogP contribution >= 0.6 is 0 Å². The summed E-state index contributed by atoms with van der Waals surface area (Å²) < 4.78 is 7.43. The lowest BCUT2D eigenvalue weighted by molar-refractivity contribution is 0.397. The number of hydrogen-bond donors (Lipinski definition) is 1. The SMILES string of the molecule is CCCn1ncc(OC)c1C(NCC)c1ccncn1. The average molecular weight is 275 g/mol. The Morgan fingerprint density at radius 1 is 1.40 bits per heavy atom. The van der Waals surface area contributed by atoms with E-state index in [0.29, 0.717) is 0 Å². The van der Waals surface area contributed by atoms with Crippen molar-refractivity contribution in [3.8, 4) is 5.75 Å². The van der Waals surface area contributed by atoms with Gasteiger partial charge < -0.3 is 10.1 Å². The molecule has 2 aromatic heterocycles. The van der Waals surface area contributed by atoms with Crippen LogP contribution in [-0.2, 0) is 6.54 Å². The maximum atomic E-state index is 5.45. The maximum absolute atomic E-state index is 5.45. The number of nitrogens with one attached hydrogen (secondary N) is 1. The van der Waals surface area contributed by atoms with Crippen molar-refractivity contribution >= 4 is 0 Å². The highest BCUT2D eigenvalue weighted by Crippen LogP contribution is 2.29. The number of nitrogens with zero attached hydrogens (tertiary/aromatic N) is 4. The van der Waals surface area contributed by atoms with Crippen molar-refractivity contribution in [3.05, 3.63) is 36.2 Å².